The summed E-state index contributed by atoms with van der Waals surface area (Å²) in [4.78, 5) is 17.8. The van der Waals surface area contributed by atoms with Gasteiger partial charge in [-0.2, -0.15) is 0 Å². The van der Waals surface area contributed by atoms with Crippen LogP contribution in [0.2, 0.25) is 0 Å². The largest absolute Gasteiger partial charge is 0.506 e. The SMILES string of the molecule is N[C@H]1CCN(c2cccc3ncc(O)cc23)C1=O. The van der Waals surface area contributed by atoms with Crippen LogP contribution in [0, 0.1) is 0 Å². The van der Waals surface area contributed by atoms with E-state index in [1.54, 1.807) is 11.0 Å². The average Bonchev–Trinajstić information content (AvgIpc) is 2.69. The number of anilines is 1. The van der Waals surface area contributed by atoms with Crippen molar-refractivity contribution in [3.05, 3.63) is 30.5 Å². The first-order valence-corrected chi connectivity index (χ1v) is 5.81. The number of hydrogen-bond donors (Lipinski definition) is 2. The molecule has 1 fully saturated rings. The standard InChI is InChI=1S/C13H13N3O2/c14-10-4-5-16(13(10)18)12-3-1-2-11-9(12)6-8(17)7-15-11/h1-3,6-7,10,17H,4-5,14H2/t10-/m0/s1. The average molecular weight is 243 g/mol. The number of aromatic nitrogens is 1. The molecule has 1 aromatic carbocycles. The van der Waals surface area contributed by atoms with E-state index in [0.29, 0.717) is 13.0 Å². The Morgan fingerprint density at radius 3 is 3.00 bits per heavy atom. The van der Waals surface area contributed by atoms with Crippen molar-refractivity contribution in [2.45, 2.75) is 12.5 Å². The number of benzene rings is 1. The van der Waals surface area contributed by atoms with E-state index in [9.17, 15) is 9.90 Å². The predicted molar refractivity (Wildman–Crippen MR) is 68.4 cm³/mol. The highest BCUT2D eigenvalue weighted by Gasteiger charge is 2.30. The number of rotatable bonds is 1. The lowest BCUT2D eigenvalue weighted by molar-refractivity contribution is -0.118. The monoisotopic (exact) mass is 243 g/mol. The number of hydrogen-bond acceptors (Lipinski definition) is 4. The fourth-order valence-electron chi connectivity index (χ4n) is 2.30. The highest BCUT2D eigenvalue weighted by atomic mass is 16.3. The molecular formula is C13H13N3O2. The molecule has 3 rings (SSSR count). The van der Waals surface area contributed by atoms with Crippen molar-refractivity contribution in [1.29, 1.82) is 0 Å². The van der Waals surface area contributed by atoms with Gasteiger partial charge < -0.3 is 15.7 Å². The maximum atomic E-state index is 12.0. The minimum atomic E-state index is -0.425. The van der Waals surface area contributed by atoms with Crippen LogP contribution in [0.3, 0.4) is 0 Å². The number of carbonyl (C=O) groups excluding carboxylic acids is 1. The molecule has 0 bridgehead atoms. The van der Waals surface area contributed by atoms with Crippen molar-refractivity contribution in [3.63, 3.8) is 0 Å². The second-order valence-electron chi connectivity index (χ2n) is 4.42. The number of aromatic hydroxyl groups is 1. The Balaban J connectivity index is 2.17. The zero-order valence-corrected chi connectivity index (χ0v) is 9.71. The summed E-state index contributed by atoms with van der Waals surface area (Å²) in [5, 5.41) is 10.3. The van der Waals surface area contributed by atoms with Gasteiger partial charge in [-0.15, -0.1) is 0 Å². The van der Waals surface area contributed by atoms with Gasteiger partial charge in [0, 0.05) is 11.9 Å². The summed E-state index contributed by atoms with van der Waals surface area (Å²) >= 11 is 0. The van der Waals surface area contributed by atoms with Crippen LogP contribution in [0.5, 0.6) is 5.75 Å². The summed E-state index contributed by atoms with van der Waals surface area (Å²) < 4.78 is 0. The van der Waals surface area contributed by atoms with Crippen molar-refractivity contribution in [2.24, 2.45) is 5.73 Å². The Kier molecular flexibility index (Phi) is 2.41. The quantitative estimate of drug-likeness (QED) is 0.783. The van der Waals surface area contributed by atoms with Gasteiger partial charge in [0.25, 0.3) is 0 Å². The van der Waals surface area contributed by atoms with E-state index in [-0.39, 0.29) is 11.7 Å². The number of amides is 1. The fourth-order valence-corrected chi connectivity index (χ4v) is 2.30. The van der Waals surface area contributed by atoms with Crippen LogP contribution in [0.1, 0.15) is 6.42 Å². The number of pyridine rings is 1. The molecule has 1 atom stereocenters. The van der Waals surface area contributed by atoms with Crippen LogP contribution in [-0.4, -0.2) is 28.6 Å². The molecule has 1 saturated heterocycles. The maximum Gasteiger partial charge on any atom is 0.243 e. The molecule has 0 saturated carbocycles. The number of nitrogens with two attached hydrogens (primary N) is 1. The molecule has 92 valence electrons. The second kappa shape index (κ2) is 3.96. The van der Waals surface area contributed by atoms with Crippen molar-refractivity contribution in [3.8, 4) is 5.75 Å². The summed E-state index contributed by atoms with van der Waals surface area (Å²) in [6, 6.07) is 6.73. The molecule has 18 heavy (non-hydrogen) atoms. The summed E-state index contributed by atoms with van der Waals surface area (Å²) in [6.45, 7) is 0.606. The first-order valence-electron chi connectivity index (χ1n) is 5.81. The van der Waals surface area contributed by atoms with E-state index in [4.69, 9.17) is 5.73 Å². The van der Waals surface area contributed by atoms with Gasteiger partial charge in [0.05, 0.1) is 23.4 Å². The lowest BCUT2D eigenvalue weighted by Crippen LogP contribution is -2.34. The van der Waals surface area contributed by atoms with Gasteiger partial charge in [-0.3, -0.25) is 9.78 Å². The van der Waals surface area contributed by atoms with Gasteiger partial charge in [0.1, 0.15) is 5.75 Å². The molecule has 0 aliphatic carbocycles. The molecular weight excluding hydrogens is 230 g/mol. The van der Waals surface area contributed by atoms with Gasteiger partial charge in [-0.05, 0) is 24.6 Å². The minimum Gasteiger partial charge on any atom is -0.506 e. The molecule has 5 nitrogen and oxygen atoms in total. The van der Waals surface area contributed by atoms with E-state index in [1.165, 1.54) is 6.20 Å². The predicted octanol–water partition coefficient (Wildman–Crippen LogP) is 1.00. The molecule has 3 N–H and O–H groups in total. The van der Waals surface area contributed by atoms with Crippen LogP contribution < -0.4 is 10.6 Å². The van der Waals surface area contributed by atoms with Crippen molar-refractivity contribution in [1.82, 2.24) is 4.98 Å². The summed E-state index contributed by atoms with van der Waals surface area (Å²) in [5.41, 5.74) is 7.23. The molecule has 0 unspecified atom stereocenters. The first kappa shape index (κ1) is 11.0. The molecule has 0 radical (unpaired) electrons. The smallest absolute Gasteiger partial charge is 0.243 e. The van der Waals surface area contributed by atoms with E-state index in [2.05, 4.69) is 4.98 Å². The number of fused-ring (bicyclic) bond motifs is 1. The normalized spacial score (nSPS) is 19.7. The zero-order valence-electron chi connectivity index (χ0n) is 9.71. The molecule has 1 aliphatic rings. The van der Waals surface area contributed by atoms with Gasteiger partial charge >= 0.3 is 0 Å². The van der Waals surface area contributed by atoms with E-state index in [0.717, 1.165) is 16.6 Å². The van der Waals surface area contributed by atoms with Crippen LogP contribution in [0.4, 0.5) is 5.69 Å². The third kappa shape index (κ3) is 1.60. The molecule has 2 heterocycles. The van der Waals surface area contributed by atoms with Gasteiger partial charge in [-0.25, -0.2) is 0 Å². The Bertz CT molecular complexity index is 627. The van der Waals surface area contributed by atoms with Gasteiger partial charge in [-0.1, -0.05) is 6.07 Å². The zero-order chi connectivity index (χ0) is 12.7. The Morgan fingerprint density at radius 2 is 2.28 bits per heavy atom. The fraction of sp³-hybridized carbons (Fsp3) is 0.231. The van der Waals surface area contributed by atoms with Crippen LogP contribution in [0.25, 0.3) is 10.9 Å². The second-order valence-corrected chi connectivity index (χ2v) is 4.42. The van der Waals surface area contributed by atoms with Crippen molar-refractivity contribution < 1.29 is 9.90 Å². The lowest BCUT2D eigenvalue weighted by Gasteiger charge is -2.18. The summed E-state index contributed by atoms with van der Waals surface area (Å²) in [7, 11) is 0. The van der Waals surface area contributed by atoms with Crippen molar-refractivity contribution in [2.75, 3.05) is 11.4 Å². The van der Waals surface area contributed by atoms with Gasteiger partial charge in [0.15, 0.2) is 0 Å². The third-order valence-corrected chi connectivity index (χ3v) is 3.23. The molecule has 5 heteroatoms. The molecule has 1 aromatic heterocycles. The van der Waals surface area contributed by atoms with Crippen LogP contribution in [-0.2, 0) is 4.79 Å². The van der Waals surface area contributed by atoms with E-state index in [1.807, 2.05) is 18.2 Å². The highest BCUT2D eigenvalue weighted by molar-refractivity contribution is 6.06. The number of carbonyl (C=O) groups is 1. The third-order valence-electron chi connectivity index (χ3n) is 3.23. The maximum absolute atomic E-state index is 12.0. The summed E-state index contributed by atoms with van der Waals surface area (Å²) in [5.74, 6) is 0.0109. The van der Waals surface area contributed by atoms with Crippen LogP contribution in [0.15, 0.2) is 30.5 Å². The Labute approximate surface area is 104 Å². The first-order chi connectivity index (χ1) is 8.66. The molecule has 1 amide bonds. The van der Waals surface area contributed by atoms with Crippen LogP contribution >= 0.6 is 0 Å². The molecule has 1 aliphatic heterocycles. The Morgan fingerprint density at radius 1 is 1.44 bits per heavy atom. The number of nitrogens with zero attached hydrogens (tertiary/aromatic N) is 2. The topological polar surface area (TPSA) is 79.4 Å². The Hall–Kier alpha value is -2.14. The highest BCUT2D eigenvalue weighted by Crippen LogP contribution is 2.30. The lowest BCUT2D eigenvalue weighted by atomic mass is 10.1. The van der Waals surface area contributed by atoms with E-state index >= 15 is 0 Å². The van der Waals surface area contributed by atoms with E-state index < -0.39 is 6.04 Å². The van der Waals surface area contributed by atoms with Gasteiger partial charge in [0.2, 0.25) is 5.91 Å². The molecule has 0 spiro atoms. The molecule has 2 aromatic rings. The minimum absolute atomic E-state index is 0.0779. The van der Waals surface area contributed by atoms with Crippen molar-refractivity contribution >= 4 is 22.5 Å². The summed E-state index contributed by atoms with van der Waals surface area (Å²) in [6.07, 6.45) is 2.05.